The highest BCUT2D eigenvalue weighted by Gasteiger charge is 2.37. The van der Waals surface area contributed by atoms with Crippen LogP contribution >= 0.6 is 11.6 Å². The van der Waals surface area contributed by atoms with Crippen LogP contribution in [0.3, 0.4) is 0 Å². The molecule has 20 heteroatoms. The standard InChI is InChI=1S/C27H22ClF6N11O2/c1-3-14-10-16(43-9-7-20(40-43)26(29,30)31)12-17(23(46)35-4-2)21(14)37-24(47)19-11-15(13-44-41-25(38-42-44)27(32,33)34)39-45(19)22-18(28)6-5-8-36-22/h5-12H,3-4,13H2,1-2H3,(H,35,46)(H,37,47). The number of rotatable bonds is 9. The van der Waals surface area contributed by atoms with E-state index in [0.717, 1.165) is 21.6 Å². The average Bonchev–Trinajstić information content (AvgIpc) is 3.78. The number of carbonyl (C=O) groups excluding carboxylic acids is 2. The third kappa shape index (κ3) is 7.08. The number of aryl methyl sites for hydroxylation is 1. The van der Waals surface area contributed by atoms with Gasteiger partial charge in [0.05, 0.1) is 27.7 Å². The van der Waals surface area contributed by atoms with Crippen molar-refractivity contribution >= 4 is 29.1 Å². The van der Waals surface area contributed by atoms with Gasteiger partial charge in [0.15, 0.2) is 11.5 Å². The van der Waals surface area contributed by atoms with Crippen molar-refractivity contribution < 1.29 is 35.9 Å². The van der Waals surface area contributed by atoms with Gasteiger partial charge in [0.25, 0.3) is 17.6 Å². The zero-order valence-electron chi connectivity index (χ0n) is 24.2. The Morgan fingerprint density at radius 3 is 2.34 bits per heavy atom. The van der Waals surface area contributed by atoms with E-state index in [4.69, 9.17) is 11.6 Å². The molecule has 5 rings (SSSR count). The van der Waals surface area contributed by atoms with Crippen LogP contribution in [0.5, 0.6) is 0 Å². The molecule has 246 valence electrons. The number of hydrogen-bond donors (Lipinski definition) is 2. The number of pyridine rings is 1. The van der Waals surface area contributed by atoms with Gasteiger partial charge in [0.1, 0.15) is 12.2 Å². The van der Waals surface area contributed by atoms with Gasteiger partial charge in [0.2, 0.25) is 0 Å². The number of hydrogen-bond acceptors (Lipinski definition) is 8. The third-order valence-electron chi connectivity index (χ3n) is 6.49. The summed E-state index contributed by atoms with van der Waals surface area (Å²) in [5.74, 6) is -2.94. The molecule has 0 atom stereocenters. The Hall–Kier alpha value is -5.33. The van der Waals surface area contributed by atoms with E-state index >= 15 is 0 Å². The molecule has 0 bridgehead atoms. The summed E-state index contributed by atoms with van der Waals surface area (Å²) in [5.41, 5.74) is -0.835. The van der Waals surface area contributed by atoms with Gasteiger partial charge in [-0.1, -0.05) is 18.5 Å². The van der Waals surface area contributed by atoms with Crippen LogP contribution in [-0.4, -0.2) is 63.1 Å². The van der Waals surface area contributed by atoms with Crippen LogP contribution in [0.15, 0.2) is 48.8 Å². The number of nitrogens with zero attached hydrogens (tertiary/aromatic N) is 9. The second-order valence-corrected chi connectivity index (χ2v) is 10.1. The number of aromatic nitrogens is 9. The molecule has 0 unspecified atom stereocenters. The van der Waals surface area contributed by atoms with E-state index in [2.05, 4.69) is 41.2 Å². The van der Waals surface area contributed by atoms with Crippen LogP contribution in [0, 0.1) is 0 Å². The minimum absolute atomic E-state index is 0.00209. The fraction of sp³-hybridized carbons (Fsp3) is 0.259. The van der Waals surface area contributed by atoms with E-state index in [1.165, 1.54) is 36.5 Å². The zero-order chi connectivity index (χ0) is 34.1. The minimum Gasteiger partial charge on any atom is -0.352 e. The Kier molecular flexibility index (Phi) is 9.01. The lowest BCUT2D eigenvalue weighted by molar-refractivity contribution is -0.145. The van der Waals surface area contributed by atoms with Crippen molar-refractivity contribution in [2.75, 3.05) is 11.9 Å². The highest BCUT2D eigenvalue weighted by atomic mass is 35.5. The Labute approximate surface area is 265 Å². The maximum atomic E-state index is 13.9. The number of amides is 2. The number of tetrazole rings is 1. The molecule has 47 heavy (non-hydrogen) atoms. The second-order valence-electron chi connectivity index (χ2n) is 9.72. The van der Waals surface area contributed by atoms with E-state index < -0.39 is 42.2 Å². The normalized spacial score (nSPS) is 11.9. The van der Waals surface area contributed by atoms with Crippen molar-refractivity contribution in [2.24, 2.45) is 0 Å². The lowest BCUT2D eigenvalue weighted by Crippen LogP contribution is -2.26. The van der Waals surface area contributed by atoms with Crippen LogP contribution in [0.25, 0.3) is 11.5 Å². The zero-order valence-corrected chi connectivity index (χ0v) is 25.0. The SMILES string of the molecule is CCNC(=O)c1cc(-n2ccc(C(F)(F)F)n2)cc(CC)c1NC(=O)c1cc(Cn2nnc(C(F)(F)F)n2)nn1-c1ncccc1Cl. The first-order chi connectivity index (χ1) is 22.2. The van der Waals surface area contributed by atoms with Crippen molar-refractivity contribution in [3.05, 3.63) is 87.8 Å². The van der Waals surface area contributed by atoms with Crippen LogP contribution in [-0.2, 0) is 25.3 Å². The van der Waals surface area contributed by atoms with Gasteiger partial charge in [-0.3, -0.25) is 9.59 Å². The number of halogens is 7. The first kappa shape index (κ1) is 33.0. The van der Waals surface area contributed by atoms with Crippen LogP contribution in [0.4, 0.5) is 32.0 Å². The second kappa shape index (κ2) is 12.8. The quantitative estimate of drug-likeness (QED) is 0.212. The first-order valence-electron chi connectivity index (χ1n) is 13.6. The maximum Gasteiger partial charge on any atom is 0.455 e. The molecule has 0 radical (unpaired) electrons. The number of alkyl halides is 6. The van der Waals surface area contributed by atoms with Crippen LogP contribution in [0.2, 0.25) is 5.02 Å². The molecule has 5 aromatic rings. The monoisotopic (exact) mass is 681 g/mol. The largest absolute Gasteiger partial charge is 0.455 e. The van der Waals surface area contributed by atoms with Gasteiger partial charge in [-0.2, -0.15) is 41.3 Å². The number of anilines is 1. The molecular formula is C27H22ClF6N11O2. The fourth-order valence-corrected chi connectivity index (χ4v) is 4.61. The van der Waals surface area contributed by atoms with Gasteiger partial charge >= 0.3 is 12.4 Å². The van der Waals surface area contributed by atoms with Crippen LogP contribution in [0.1, 0.15) is 57.5 Å². The molecule has 2 amide bonds. The summed E-state index contributed by atoms with van der Waals surface area (Å²) in [6.45, 7) is 3.13. The maximum absolute atomic E-state index is 13.9. The highest BCUT2D eigenvalue weighted by Crippen LogP contribution is 2.31. The van der Waals surface area contributed by atoms with Crippen molar-refractivity contribution in [1.29, 1.82) is 0 Å². The van der Waals surface area contributed by atoms with E-state index in [-0.39, 0.29) is 52.1 Å². The molecule has 4 heterocycles. The highest BCUT2D eigenvalue weighted by molar-refractivity contribution is 6.32. The molecule has 2 N–H and O–H groups in total. The lowest BCUT2D eigenvalue weighted by atomic mass is 10.0. The predicted molar refractivity (Wildman–Crippen MR) is 152 cm³/mol. The Balaban J connectivity index is 1.57. The van der Waals surface area contributed by atoms with Crippen LogP contribution < -0.4 is 10.6 Å². The van der Waals surface area contributed by atoms with E-state index in [0.29, 0.717) is 10.4 Å². The van der Waals surface area contributed by atoms with Gasteiger partial charge in [-0.05, 0) is 60.5 Å². The van der Waals surface area contributed by atoms with Gasteiger partial charge in [0, 0.05) is 18.9 Å². The predicted octanol–water partition coefficient (Wildman–Crippen LogP) is 4.74. The average molecular weight is 682 g/mol. The summed E-state index contributed by atoms with van der Waals surface area (Å²) in [6.07, 6.45) is -6.84. The van der Waals surface area contributed by atoms with E-state index in [9.17, 15) is 35.9 Å². The molecule has 0 aliphatic carbocycles. The molecule has 0 spiro atoms. The summed E-state index contributed by atoms with van der Waals surface area (Å²) >= 11 is 6.32. The Morgan fingerprint density at radius 2 is 1.72 bits per heavy atom. The lowest BCUT2D eigenvalue weighted by Gasteiger charge is -2.17. The third-order valence-corrected chi connectivity index (χ3v) is 6.79. The number of carbonyl (C=O) groups is 2. The summed E-state index contributed by atoms with van der Waals surface area (Å²) in [4.78, 5) is 31.9. The van der Waals surface area contributed by atoms with Gasteiger partial charge < -0.3 is 10.6 Å². The van der Waals surface area contributed by atoms with E-state index in [1.54, 1.807) is 13.8 Å². The summed E-state index contributed by atoms with van der Waals surface area (Å²) in [7, 11) is 0. The summed E-state index contributed by atoms with van der Waals surface area (Å²) < 4.78 is 80.7. The van der Waals surface area contributed by atoms with Crippen molar-refractivity contribution in [2.45, 2.75) is 39.2 Å². The number of benzene rings is 1. The molecule has 0 saturated carbocycles. The van der Waals surface area contributed by atoms with Gasteiger partial charge in [-0.25, -0.2) is 14.3 Å². The molecule has 1 aromatic carbocycles. The van der Waals surface area contributed by atoms with Crippen molar-refractivity contribution in [3.63, 3.8) is 0 Å². The molecular weight excluding hydrogens is 660 g/mol. The topological polar surface area (TPSA) is 150 Å². The molecule has 0 fully saturated rings. The summed E-state index contributed by atoms with van der Waals surface area (Å²) in [5, 5.41) is 22.9. The smallest absolute Gasteiger partial charge is 0.352 e. The minimum atomic E-state index is -4.84. The molecule has 0 saturated heterocycles. The fourth-order valence-electron chi connectivity index (χ4n) is 4.41. The molecule has 0 aliphatic rings. The van der Waals surface area contributed by atoms with Crippen molar-refractivity contribution in [1.82, 2.24) is 50.1 Å². The van der Waals surface area contributed by atoms with E-state index in [1.807, 2.05) is 0 Å². The summed E-state index contributed by atoms with van der Waals surface area (Å²) in [6, 6.07) is 7.78. The first-order valence-corrected chi connectivity index (χ1v) is 14.0. The molecule has 4 aromatic heterocycles. The van der Waals surface area contributed by atoms with Crippen molar-refractivity contribution in [3.8, 4) is 11.5 Å². The molecule has 0 aliphatic heterocycles. The number of nitrogens with one attached hydrogen (secondary N) is 2. The molecule has 13 nitrogen and oxygen atoms in total. The Bertz CT molecular complexity index is 1950. The Morgan fingerprint density at radius 1 is 0.957 bits per heavy atom. The van der Waals surface area contributed by atoms with Gasteiger partial charge in [-0.15, -0.1) is 10.2 Å².